The Balaban J connectivity index is 2.29. The number of nitrogens with zero attached hydrogens (tertiary/aromatic N) is 3. The average Bonchev–Trinajstić information content (AvgIpc) is 2.38. The molecule has 1 atom stereocenters. The largest absolute Gasteiger partial charge is 0.354 e. The molecule has 1 aliphatic rings. The SMILES string of the molecule is CCNc1nccc(N2CCSCC2S(C)(=O)=O)n1. The third kappa shape index (κ3) is 3.50. The smallest absolute Gasteiger partial charge is 0.224 e. The number of anilines is 2. The Labute approximate surface area is 117 Å². The molecule has 6 nitrogen and oxygen atoms in total. The second-order valence-electron chi connectivity index (χ2n) is 4.32. The molecule has 2 rings (SSSR count). The van der Waals surface area contributed by atoms with Gasteiger partial charge in [-0.25, -0.2) is 13.4 Å². The van der Waals surface area contributed by atoms with Gasteiger partial charge < -0.3 is 10.2 Å². The molecular formula is C11H18N4O2S2. The summed E-state index contributed by atoms with van der Waals surface area (Å²) in [6.07, 6.45) is 2.93. The van der Waals surface area contributed by atoms with Gasteiger partial charge in [0.05, 0.1) is 0 Å². The lowest BCUT2D eigenvalue weighted by molar-refractivity contribution is 0.583. The highest BCUT2D eigenvalue weighted by Crippen LogP contribution is 2.25. The van der Waals surface area contributed by atoms with Crippen molar-refractivity contribution in [3.8, 4) is 0 Å². The molecule has 0 radical (unpaired) electrons. The molecule has 1 aliphatic heterocycles. The van der Waals surface area contributed by atoms with E-state index in [1.165, 1.54) is 6.26 Å². The van der Waals surface area contributed by atoms with Crippen LogP contribution in [-0.2, 0) is 9.84 Å². The normalized spacial score (nSPS) is 20.3. The first-order valence-electron chi connectivity index (χ1n) is 6.12. The number of hydrogen-bond donors (Lipinski definition) is 1. The fraction of sp³-hybridized carbons (Fsp3) is 0.636. The summed E-state index contributed by atoms with van der Waals surface area (Å²) in [5, 5.41) is 2.53. The molecular weight excluding hydrogens is 284 g/mol. The van der Waals surface area contributed by atoms with Crippen molar-refractivity contribution in [1.82, 2.24) is 9.97 Å². The lowest BCUT2D eigenvalue weighted by atomic mass is 10.4. The van der Waals surface area contributed by atoms with Gasteiger partial charge >= 0.3 is 0 Å². The summed E-state index contributed by atoms with van der Waals surface area (Å²) in [5.74, 6) is 2.69. The van der Waals surface area contributed by atoms with E-state index in [0.717, 1.165) is 12.3 Å². The molecule has 0 aromatic carbocycles. The molecule has 19 heavy (non-hydrogen) atoms. The van der Waals surface area contributed by atoms with E-state index in [4.69, 9.17) is 0 Å². The van der Waals surface area contributed by atoms with Gasteiger partial charge in [-0.05, 0) is 13.0 Å². The van der Waals surface area contributed by atoms with Crippen LogP contribution in [0, 0.1) is 0 Å². The van der Waals surface area contributed by atoms with Crippen LogP contribution >= 0.6 is 11.8 Å². The van der Waals surface area contributed by atoms with Crippen LogP contribution in [0.1, 0.15) is 6.92 Å². The molecule has 1 unspecified atom stereocenters. The number of thioether (sulfide) groups is 1. The molecule has 8 heteroatoms. The first kappa shape index (κ1) is 14.4. The van der Waals surface area contributed by atoms with Crippen molar-refractivity contribution in [2.24, 2.45) is 0 Å². The second kappa shape index (κ2) is 5.96. The van der Waals surface area contributed by atoms with Crippen LogP contribution < -0.4 is 10.2 Å². The zero-order valence-electron chi connectivity index (χ0n) is 11.0. The lowest BCUT2D eigenvalue weighted by Crippen LogP contribution is -2.47. The number of aromatic nitrogens is 2. The monoisotopic (exact) mass is 302 g/mol. The molecule has 1 aromatic heterocycles. The summed E-state index contributed by atoms with van der Waals surface area (Å²) < 4.78 is 23.7. The second-order valence-corrected chi connectivity index (χ2v) is 7.67. The van der Waals surface area contributed by atoms with Gasteiger partial charge in [0.1, 0.15) is 11.2 Å². The summed E-state index contributed by atoms with van der Waals surface area (Å²) in [4.78, 5) is 10.3. The van der Waals surface area contributed by atoms with Gasteiger partial charge in [-0.1, -0.05) is 0 Å². The van der Waals surface area contributed by atoms with Crippen molar-refractivity contribution in [2.75, 3.05) is 41.1 Å². The van der Waals surface area contributed by atoms with Gasteiger partial charge in [-0.3, -0.25) is 0 Å². The zero-order valence-corrected chi connectivity index (χ0v) is 12.7. The van der Waals surface area contributed by atoms with E-state index in [9.17, 15) is 8.42 Å². The highest BCUT2D eigenvalue weighted by molar-refractivity contribution is 8.01. The van der Waals surface area contributed by atoms with Crippen LogP contribution in [0.25, 0.3) is 0 Å². The third-order valence-electron chi connectivity index (χ3n) is 2.85. The summed E-state index contributed by atoms with van der Waals surface area (Å²) in [6, 6.07) is 1.76. The number of nitrogens with one attached hydrogen (secondary N) is 1. The average molecular weight is 302 g/mol. The first-order chi connectivity index (χ1) is 9.02. The van der Waals surface area contributed by atoms with E-state index < -0.39 is 15.2 Å². The van der Waals surface area contributed by atoms with Crippen LogP contribution in [0.15, 0.2) is 12.3 Å². The van der Waals surface area contributed by atoms with Crippen LogP contribution in [0.3, 0.4) is 0 Å². The Morgan fingerprint density at radius 2 is 2.37 bits per heavy atom. The summed E-state index contributed by atoms with van der Waals surface area (Å²) in [5.41, 5.74) is 0. The molecule has 0 spiro atoms. The topological polar surface area (TPSA) is 75.2 Å². The standard InChI is InChI=1S/C11H18N4O2S2/c1-3-12-11-13-5-4-9(14-11)15-6-7-18-8-10(15)19(2,16)17/h4-5,10H,3,6-8H2,1-2H3,(H,12,13,14). The minimum absolute atomic E-state index is 0.504. The maximum absolute atomic E-state index is 11.9. The Bertz CT molecular complexity index is 535. The van der Waals surface area contributed by atoms with Gasteiger partial charge in [0.2, 0.25) is 5.95 Å². The summed E-state index contributed by atoms with van der Waals surface area (Å²) >= 11 is 1.66. The van der Waals surface area contributed by atoms with Crippen molar-refractivity contribution in [3.05, 3.63) is 12.3 Å². The number of rotatable bonds is 4. The minimum Gasteiger partial charge on any atom is -0.354 e. The minimum atomic E-state index is -3.12. The van der Waals surface area contributed by atoms with Crippen LogP contribution in [-0.4, -0.2) is 54.6 Å². The highest BCUT2D eigenvalue weighted by Gasteiger charge is 2.31. The van der Waals surface area contributed by atoms with Crippen LogP contribution in [0.5, 0.6) is 0 Å². The Morgan fingerprint density at radius 3 is 3.05 bits per heavy atom. The van der Waals surface area contributed by atoms with Crippen molar-refractivity contribution in [2.45, 2.75) is 12.3 Å². The lowest BCUT2D eigenvalue weighted by Gasteiger charge is -2.34. The van der Waals surface area contributed by atoms with Crippen molar-refractivity contribution >= 4 is 33.4 Å². The van der Waals surface area contributed by atoms with Gasteiger partial charge in [-0.15, -0.1) is 0 Å². The van der Waals surface area contributed by atoms with Gasteiger partial charge in [0, 0.05) is 37.0 Å². The van der Waals surface area contributed by atoms with E-state index >= 15 is 0 Å². The third-order valence-corrected chi connectivity index (χ3v) is 5.49. The molecule has 2 heterocycles. The molecule has 1 saturated heterocycles. The fourth-order valence-corrected chi connectivity index (χ4v) is 4.78. The Hall–Kier alpha value is -1.02. The molecule has 0 aliphatic carbocycles. The fourth-order valence-electron chi connectivity index (χ4n) is 1.95. The maximum atomic E-state index is 11.9. The van der Waals surface area contributed by atoms with E-state index in [0.29, 0.717) is 24.1 Å². The van der Waals surface area contributed by atoms with E-state index in [1.807, 2.05) is 11.8 Å². The first-order valence-corrected chi connectivity index (χ1v) is 9.23. The molecule has 106 valence electrons. The van der Waals surface area contributed by atoms with E-state index in [1.54, 1.807) is 24.0 Å². The number of hydrogen-bond acceptors (Lipinski definition) is 7. The maximum Gasteiger partial charge on any atom is 0.224 e. The molecule has 0 amide bonds. The summed E-state index contributed by atoms with van der Waals surface area (Å²) in [6.45, 7) is 3.38. The number of sulfone groups is 1. The van der Waals surface area contributed by atoms with Crippen molar-refractivity contribution in [3.63, 3.8) is 0 Å². The molecule has 1 fully saturated rings. The van der Waals surface area contributed by atoms with Crippen molar-refractivity contribution in [1.29, 1.82) is 0 Å². The quantitative estimate of drug-likeness (QED) is 0.883. The van der Waals surface area contributed by atoms with Gasteiger partial charge in [0.15, 0.2) is 9.84 Å². The van der Waals surface area contributed by atoms with E-state index in [2.05, 4.69) is 15.3 Å². The van der Waals surface area contributed by atoms with Crippen molar-refractivity contribution < 1.29 is 8.42 Å². The predicted molar refractivity (Wildman–Crippen MR) is 79.5 cm³/mol. The predicted octanol–water partition coefficient (Wildman–Crippen LogP) is 0.832. The molecule has 0 bridgehead atoms. The Kier molecular flexibility index (Phi) is 4.51. The highest BCUT2D eigenvalue weighted by atomic mass is 32.2. The van der Waals surface area contributed by atoms with E-state index in [-0.39, 0.29) is 0 Å². The Morgan fingerprint density at radius 1 is 1.58 bits per heavy atom. The van der Waals surface area contributed by atoms with Crippen LogP contribution in [0.2, 0.25) is 0 Å². The van der Waals surface area contributed by atoms with Gasteiger partial charge in [-0.2, -0.15) is 16.7 Å². The van der Waals surface area contributed by atoms with Crippen LogP contribution in [0.4, 0.5) is 11.8 Å². The zero-order chi connectivity index (χ0) is 13.9. The molecule has 1 aromatic rings. The molecule has 1 N–H and O–H groups in total. The summed E-state index contributed by atoms with van der Waals surface area (Å²) in [7, 11) is -3.12. The van der Waals surface area contributed by atoms with Gasteiger partial charge in [0.25, 0.3) is 0 Å². The molecule has 0 saturated carbocycles.